The molecule has 162 valence electrons. The van der Waals surface area contributed by atoms with E-state index in [0.29, 0.717) is 6.07 Å². The van der Waals surface area contributed by atoms with Crippen LogP contribution in [0, 0.1) is 29.4 Å². The second-order valence-electron chi connectivity index (χ2n) is 8.34. The molecule has 1 aromatic carbocycles. The Morgan fingerprint density at radius 2 is 1.69 bits per heavy atom. The minimum absolute atomic E-state index is 0.249. The molecule has 2 aliphatic rings. The Balaban J connectivity index is 0.000000221. The summed E-state index contributed by atoms with van der Waals surface area (Å²) in [6, 6.07) is 2.46. The predicted octanol–water partition coefficient (Wildman–Crippen LogP) is 7.75. The summed E-state index contributed by atoms with van der Waals surface area (Å²) in [7, 11) is 0. The lowest BCUT2D eigenvalue weighted by Gasteiger charge is -2.35. The highest BCUT2D eigenvalue weighted by atomic mass is 19.2. The minimum Gasteiger partial charge on any atom is -0.449 e. The fraction of sp³-hybridized carbons (Fsp3) is 0.625. The smallest absolute Gasteiger partial charge is 0.449 e. The minimum atomic E-state index is -1.57. The van der Waals surface area contributed by atoms with Gasteiger partial charge in [-0.05, 0) is 55.6 Å². The highest BCUT2D eigenvalue weighted by Gasteiger charge is 2.28. The molecule has 1 aromatic rings. The normalized spacial score (nSPS) is 22.3. The molecule has 0 amide bonds. The van der Waals surface area contributed by atoms with E-state index in [1.165, 1.54) is 51.4 Å². The van der Waals surface area contributed by atoms with E-state index in [1.54, 1.807) is 25.7 Å². The first-order chi connectivity index (χ1) is 14.0. The number of ether oxygens (including phenoxy) is 1. The van der Waals surface area contributed by atoms with Crippen molar-refractivity contribution in [3.8, 4) is 5.75 Å². The summed E-state index contributed by atoms with van der Waals surface area (Å²) in [6.45, 7) is 3.82. The van der Waals surface area contributed by atoms with Crippen LogP contribution in [0.3, 0.4) is 0 Å². The van der Waals surface area contributed by atoms with Crippen LogP contribution in [0.15, 0.2) is 30.9 Å². The van der Waals surface area contributed by atoms with Gasteiger partial charge in [-0.1, -0.05) is 57.4 Å². The number of benzene rings is 1. The van der Waals surface area contributed by atoms with Gasteiger partial charge in [-0.15, -0.1) is 6.58 Å². The molecule has 0 unspecified atom stereocenters. The number of unbranched alkanes of at least 4 members (excludes halogenated alkanes) is 1. The summed E-state index contributed by atoms with van der Waals surface area (Å²) in [5.74, 6) is 0.821. The largest absolute Gasteiger partial charge is 0.511 e. The van der Waals surface area contributed by atoms with Crippen molar-refractivity contribution in [1.29, 1.82) is 0 Å². The summed E-state index contributed by atoms with van der Waals surface area (Å²) in [4.78, 5) is 9.93. The van der Waals surface area contributed by atoms with E-state index >= 15 is 0 Å². The van der Waals surface area contributed by atoms with Gasteiger partial charge >= 0.3 is 6.16 Å². The van der Waals surface area contributed by atoms with Crippen LogP contribution >= 0.6 is 0 Å². The third-order valence-corrected chi connectivity index (χ3v) is 6.32. The van der Waals surface area contributed by atoms with Gasteiger partial charge in [0, 0.05) is 6.07 Å². The number of carbonyl (C=O) groups is 1. The van der Waals surface area contributed by atoms with Crippen molar-refractivity contribution in [3.05, 3.63) is 42.5 Å². The standard InChI is InChI=1S/C17H30.C7H4F2O3/c1-2-3-5-8-15-11-13-17(14-12-15)16-9-6-4-7-10-16;8-5-2-1-4(3-6(5)9)12-7(10)11/h2,15-17H,1,3-14H2;1-3H,(H,10,11). The van der Waals surface area contributed by atoms with Gasteiger partial charge in [0.2, 0.25) is 0 Å². The Hall–Kier alpha value is -1.91. The number of allylic oxidation sites excluding steroid dienone is 1. The molecule has 29 heavy (non-hydrogen) atoms. The van der Waals surface area contributed by atoms with Crippen LogP contribution in [-0.4, -0.2) is 11.3 Å². The molecule has 0 bridgehead atoms. The quantitative estimate of drug-likeness (QED) is 0.226. The van der Waals surface area contributed by atoms with Crippen LogP contribution in [0.2, 0.25) is 0 Å². The number of rotatable bonds is 6. The lowest BCUT2D eigenvalue weighted by molar-refractivity contribution is 0.144. The number of halogens is 2. The Morgan fingerprint density at radius 1 is 1.03 bits per heavy atom. The summed E-state index contributed by atoms with van der Waals surface area (Å²) >= 11 is 0. The highest BCUT2D eigenvalue weighted by molar-refractivity contribution is 5.61. The Labute approximate surface area is 173 Å². The van der Waals surface area contributed by atoms with Gasteiger partial charge in [0.1, 0.15) is 5.75 Å². The maximum atomic E-state index is 12.4. The Morgan fingerprint density at radius 3 is 2.28 bits per heavy atom. The van der Waals surface area contributed by atoms with Crippen molar-refractivity contribution < 1.29 is 23.4 Å². The van der Waals surface area contributed by atoms with Crippen LogP contribution in [0.5, 0.6) is 5.75 Å². The van der Waals surface area contributed by atoms with Gasteiger partial charge in [0.05, 0.1) is 0 Å². The molecule has 2 saturated carbocycles. The Bertz CT molecular complexity index is 633. The molecule has 5 heteroatoms. The van der Waals surface area contributed by atoms with Crippen LogP contribution in [0.1, 0.15) is 77.0 Å². The van der Waals surface area contributed by atoms with Crippen LogP contribution in [-0.2, 0) is 0 Å². The van der Waals surface area contributed by atoms with Gasteiger partial charge < -0.3 is 9.84 Å². The molecule has 1 N–H and O–H groups in total. The van der Waals surface area contributed by atoms with Gasteiger partial charge in [-0.2, -0.15) is 0 Å². The topological polar surface area (TPSA) is 46.5 Å². The molecule has 0 radical (unpaired) electrons. The predicted molar refractivity (Wildman–Crippen MR) is 111 cm³/mol. The first-order valence-electron chi connectivity index (χ1n) is 11.0. The fourth-order valence-electron chi connectivity index (χ4n) is 4.75. The molecular formula is C24H34F2O3. The van der Waals surface area contributed by atoms with Crippen molar-refractivity contribution in [2.75, 3.05) is 0 Å². The molecule has 3 rings (SSSR count). The molecule has 0 saturated heterocycles. The molecule has 3 nitrogen and oxygen atoms in total. The SMILES string of the molecule is C=CCCCC1CCC(C2CCCCC2)CC1.O=C(O)Oc1ccc(F)c(F)c1. The van der Waals surface area contributed by atoms with Gasteiger partial charge in [-0.3, -0.25) is 0 Å². The third kappa shape index (κ3) is 8.55. The zero-order valence-electron chi connectivity index (χ0n) is 17.3. The molecule has 0 aromatic heterocycles. The average Bonchev–Trinajstić information content (AvgIpc) is 2.72. The molecule has 0 atom stereocenters. The van der Waals surface area contributed by atoms with E-state index in [0.717, 1.165) is 29.9 Å². The van der Waals surface area contributed by atoms with Crippen molar-refractivity contribution in [1.82, 2.24) is 0 Å². The zero-order valence-corrected chi connectivity index (χ0v) is 17.3. The zero-order chi connectivity index (χ0) is 21.1. The first kappa shape index (κ1) is 23.4. The number of hydrogen-bond donors (Lipinski definition) is 1. The molecule has 2 aliphatic carbocycles. The van der Waals surface area contributed by atoms with E-state index in [1.807, 2.05) is 0 Å². The van der Waals surface area contributed by atoms with E-state index < -0.39 is 17.8 Å². The van der Waals surface area contributed by atoms with E-state index in [2.05, 4.69) is 17.4 Å². The molecular weight excluding hydrogens is 374 g/mol. The van der Waals surface area contributed by atoms with Crippen molar-refractivity contribution in [2.45, 2.75) is 77.0 Å². The number of hydrogen-bond acceptors (Lipinski definition) is 2. The molecule has 0 aliphatic heterocycles. The maximum absolute atomic E-state index is 12.4. The average molecular weight is 409 g/mol. The van der Waals surface area contributed by atoms with E-state index in [4.69, 9.17) is 5.11 Å². The maximum Gasteiger partial charge on any atom is 0.511 e. The molecule has 0 spiro atoms. The van der Waals surface area contributed by atoms with Crippen molar-refractivity contribution in [2.24, 2.45) is 17.8 Å². The van der Waals surface area contributed by atoms with E-state index in [-0.39, 0.29) is 5.75 Å². The molecule has 2 fully saturated rings. The van der Waals surface area contributed by atoms with Gasteiger partial charge in [0.25, 0.3) is 0 Å². The van der Waals surface area contributed by atoms with Gasteiger partial charge in [-0.25, -0.2) is 13.6 Å². The third-order valence-electron chi connectivity index (χ3n) is 6.32. The van der Waals surface area contributed by atoms with E-state index in [9.17, 15) is 13.6 Å². The first-order valence-corrected chi connectivity index (χ1v) is 11.0. The summed E-state index contributed by atoms with van der Waals surface area (Å²) in [6.07, 6.45) is 18.4. The monoisotopic (exact) mass is 408 g/mol. The van der Waals surface area contributed by atoms with Crippen molar-refractivity contribution in [3.63, 3.8) is 0 Å². The Kier molecular flexibility index (Phi) is 10.2. The summed E-state index contributed by atoms with van der Waals surface area (Å²) in [5, 5.41) is 8.09. The van der Waals surface area contributed by atoms with Crippen molar-refractivity contribution >= 4 is 6.16 Å². The van der Waals surface area contributed by atoms with Crippen LogP contribution in [0.25, 0.3) is 0 Å². The number of carboxylic acid groups (broad SMARTS) is 1. The summed E-state index contributed by atoms with van der Waals surface area (Å²) < 4.78 is 28.7. The van der Waals surface area contributed by atoms with Crippen LogP contribution in [0.4, 0.5) is 13.6 Å². The summed E-state index contributed by atoms with van der Waals surface area (Å²) in [5.41, 5.74) is 0. The lowest BCUT2D eigenvalue weighted by Crippen LogP contribution is -2.23. The molecule has 0 heterocycles. The van der Waals surface area contributed by atoms with Crippen LogP contribution < -0.4 is 4.74 Å². The lowest BCUT2D eigenvalue weighted by atomic mass is 9.70. The fourth-order valence-corrected chi connectivity index (χ4v) is 4.75. The second kappa shape index (κ2) is 12.6. The highest BCUT2D eigenvalue weighted by Crippen LogP contribution is 2.40. The second-order valence-corrected chi connectivity index (χ2v) is 8.34. The van der Waals surface area contributed by atoms with Gasteiger partial charge in [0.15, 0.2) is 11.6 Å².